The molecule has 0 fully saturated rings. The number of hydrogen-bond acceptors (Lipinski definition) is 2. The summed E-state index contributed by atoms with van der Waals surface area (Å²) >= 11 is 5.91. The Morgan fingerprint density at radius 1 is 1.22 bits per heavy atom. The first kappa shape index (κ1) is 12.4. The number of benzene rings is 2. The molecule has 0 atom stereocenters. The van der Waals surface area contributed by atoms with Crippen molar-refractivity contribution in [3.63, 3.8) is 0 Å². The van der Waals surface area contributed by atoms with E-state index in [9.17, 15) is 4.39 Å². The number of nitrogens with one attached hydrogen (secondary N) is 1. The quantitative estimate of drug-likeness (QED) is 0.907. The van der Waals surface area contributed by atoms with Crippen LogP contribution >= 0.6 is 11.6 Å². The van der Waals surface area contributed by atoms with Gasteiger partial charge in [-0.15, -0.1) is 0 Å². The van der Waals surface area contributed by atoms with Gasteiger partial charge in [-0.3, -0.25) is 0 Å². The van der Waals surface area contributed by atoms with Crippen LogP contribution in [0, 0.1) is 17.1 Å². The minimum Gasteiger partial charge on any atom is -0.381 e. The molecule has 0 aromatic heterocycles. The predicted octanol–water partition coefficient (Wildman–Crippen LogP) is 3.96. The second-order valence-corrected chi connectivity index (χ2v) is 4.20. The van der Waals surface area contributed by atoms with Gasteiger partial charge in [-0.2, -0.15) is 5.26 Å². The van der Waals surface area contributed by atoms with Crippen molar-refractivity contribution < 1.29 is 4.39 Å². The van der Waals surface area contributed by atoms with Gasteiger partial charge in [-0.1, -0.05) is 23.7 Å². The summed E-state index contributed by atoms with van der Waals surface area (Å²) in [5.74, 6) is -0.257. The van der Waals surface area contributed by atoms with Crippen molar-refractivity contribution in [1.82, 2.24) is 0 Å². The van der Waals surface area contributed by atoms with Crippen LogP contribution < -0.4 is 5.32 Å². The molecule has 0 saturated carbocycles. The van der Waals surface area contributed by atoms with Crippen molar-refractivity contribution in [2.75, 3.05) is 5.32 Å². The van der Waals surface area contributed by atoms with E-state index in [1.54, 1.807) is 24.3 Å². The zero-order valence-electron chi connectivity index (χ0n) is 9.45. The third kappa shape index (κ3) is 2.99. The number of hydrogen-bond donors (Lipinski definition) is 1. The zero-order chi connectivity index (χ0) is 13.0. The molecule has 0 bridgehead atoms. The van der Waals surface area contributed by atoms with Gasteiger partial charge in [-0.25, -0.2) is 4.39 Å². The fourth-order valence-electron chi connectivity index (χ4n) is 1.57. The van der Waals surface area contributed by atoms with Gasteiger partial charge in [0.25, 0.3) is 0 Å². The lowest BCUT2D eigenvalue weighted by molar-refractivity contribution is 0.626. The van der Waals surface area contributed by atoms with Crippen LogP contribution in [0.3, 0.4) is 0 Å². The first-order chi connectivity index (χ1) is 8.69. The molecule has 18 heavy (non-hydrogen) atoms. The molecule has 2 aromatic carbocycles. The highest BCUT2D eigenvalue weighted by molar-refractivity contribution is 6.32. The number of nitrogens with zero attached hydrogens (tertiary/aromatic N) is 1. The van der Waals surface area contributed by atoms with Gasteiger partial charge in [-0.05, 0) is 35.9 Å². The minimum atomic E-state index is -0.257. The average molecular weight is 261 g/mol. The van der Waals surface area contributed by atoms with Crippen LogP contribution in [0.25, 0.3) is 0 Å². The molecule has 0 radical (unpaired) electrons. The van der Waals surface area contributed by atoms with Crippen LogP contribution in [-0.4, -0.2) is 0 Å². The van der Waals surface area contributed by atoms with Crippen molar-refractivity contribution in [1.29, 1.82) is 5.26 Å². The second-order valence-electron chi connectivity index (χ2n) is 3.79. The minimum absolute atomic E-state index is 0.257. The summed E-state index contributed by atoms with van der Waals surface area (Å²) in [6.07, 6.45) is 0. The summed E-state index contributed by atoms with van der Waals surface area (Å²) in [6, 6.07) is 13.5. The maximum Gasteiger partial charge on any atom is 0.123 e. The lowest BCUT2D eigenvalue weighted by Gasteiger charge is -2.07. The maximum atomic E-state index is 13.0. The molecule has 2 rings (SSSR count). The van der Waals surface area contributed by atoms with E-state index in [1.807, 2.05) is 12.1 Å². The topological polar surface area (TPSA) is 35.8 Å². The number of nitriles is 1. The fourth-order valence-corrected chi connectivity index (χ4v) is 1.79. The average Bonchev–Trinajstić information content (AvgIpc) is 2.37. The molecule has 90 valence electrons. The van der Waals surface area contributed by atoms with Crippen LogP contribution in [0.5, 0.6) is 0 Å². The Morgan fingerprint density at radius 2 is 2.06 bits per heavy atom. The summed E-state index contributed by atoms with van der Waals surface area (Å²) in [4.78, 5) is 0. The van der Waals surface area contributed by atoms with Gasteiger partial charge in [0, 0.05) is 12.2 Å². The Labute approximate surface area is 110 Å². The first-order valence-electron chi connectivity index (χ1n) is 5.37. The summed E-state index contributed by atoms with van der Waals surface area (Å²) < 4.78 is 13.0. The lowest BCUT2D eigenvalue weighted by Crippen LogP contribution is -1.99. The van der Waals surface area contributed by atoms with Crippen molar-refractivity contribution in [3.8, 4) is 6.07 Å². The monoisotopic (exact) mass is 260 g/mol. The molecular formula is C14H10ClFN2. The van der Waals surface area contributed by atoms with Crippen LogP contribution in [0.1, 0.15) is 11.1 Å². The van der Waals surface area contributed by atoms with Crippen molar-refractivity contribution in [2.24, 2.45) is 0 Å². The second kappa shape index (κ2) is 5.52. The predicted molar refractivity (Wildman–Crippen MR) is 69.9 cm³/mol. The third-order valence-electron chi connectivity index (χ3n) is 2.48. The Kier molecular flexibility index (Phi) is 3.81. The lowest BCUT2D eigenvalue weighted by atomic mass is 10.2. The third-order valence-corrected chi connectivity index (χ3v) is 2.79. The molecule has 2 nitrogen and oxygen atoms in total. The molecule has 0 aliphatic carbocycles. The molecule has 0 amide bonds. The van der Waals surface area contributed by atoms with Crippen molar-refractivity contribution in [3.05, 3.63) is 64.4 Å². The molecular weight excluding hydrogens is 251 g/mol. The molecule has 0 aliphatic rings. The van der Waals surface area contributed by atoms with Crippen LogP contribution in [0.4, 0.5) is 10.1 Å². The van der Waals surface area contributed by atoms with E-state index in [4.69, 9.17) is 16.9 Å². The van der Waals surface area contributed by atoms with Crippen molar-refractivity contribution >= 4 is 17.3 Å². The number of halogens is 2. The zero-order valence-corrected chi connectivity index (χ0v) is 10.2. The van der Waals surface area contributed by atoms with E-state index in [0.717, 1.165) is 11.3 Å². The molecule has 0 heterocycles. The van der Waals surface area contributed by atoms with Crippen LogP contribution in [0.2, 0.25) is 5.02 Å². The van der Waals surface area contributed by atoms with E-state index in [2.05, 4.69) is 5.32 Å². The van der Waals surface area contributed by atoms with E-state index in [1.165, 1.54) is 12.1 Å². The Balaban J connectivity index is 2.07. The standard InChI is InChI=1S/C14H10ClFN2/c15-14-7-13(5-4-11(14)8-17)18-9-10-2-1-3-12(16)6-10/h1-7,18H,9H2. The molecule has 2 aromatic rings. The van der Waals surface area contributed by atoms with Gasteiger partial charge in [0.2, 0.25) is 0 Å². The van der Waals surface area contributed by atoms with Gasteiger partial charge >= 0.3 is 0 Å². The largest absolute Gasteiger partial charge is 0.381 e. The van der Waals surface area contributed by atoms with E-state index in [0.29, 0.717) is 17.1 Å². The summed E-state index contributed by atoms with van der Waals surface area (Å²) in [7, 11) is 0. The molecule has 0 spiro atoms. The molecule has 1 N–H and O–H groups in total. The fraction of sp³-hybridized carbons (Fsp3) is 0.0714. The Morgan fingerprint density at radius 3 is 2.72 bits per heavy atom. The van der Waals surface area contributed by atoms with Crippen molar-refractivity contribution in [2.45, 2.75) is 6.54 Å². The molecule has 4 heteroatoms. The molecule has 0 saturated heterocycles. The maximum absolute atomic E-state index is 13.0. The summed E-state index contributed by atoms with van der Waals surface area (Å²) in [5.41, 5.74) is 2.08. The molecule has 0 aliphatic heterocycles. The number of anilines is 1. The van der Waals surface area contributed by atoms with Gasteiger partial charge in [0.15, 0.2) is 0 Å². The van der Waals surface area contributed by atoms with E-state index >= 15 is 0 Å². The van der Waals surface area contributed by atoms with Crippen LogP contribution in [0.15, 0.2) is 42.5 Å². The highest BCUT2D eigenvalue weighted by Crippen LogP contribution is 2.20. The van der Waals surface area contributed by atoms with Gasteiger partial charge in [0.05, 0.1) is 10.6 Å². The summed E-state index contributed by atoms with van der Waals surface area (Å²) in [6.45, 7) is 0.500. The smallest absolute Gasteiger partial charge is 0.123 e. The Hall–Kier alpha value is -2.05. The highest BCUT2D eigenvalue weighted by Gasteiger charge is 2.01. The Bertz CT molecular complexity index is 605. The van der Waals surface area contributed by atoms with Gasteiger partial charge in [0.1, 0.15) is 11.9 Å². The van der Waals surface area contributed by atoms with E-state index in [-0.39, 0.29) is 5.82 Å². The van der Waals surface area contributed by atoms with Gasteiger partial charge < -0.3 is 5.32 Å². The SMILES string of the molecule is N#Cc1ccc(NCc2cccc(F)c2)cc1Cl. The first-order valence-corrected chi connectivity index (χ1v) is 5.75. The number of rotatable bonds is 3. The highest BCUT2D eigenvalue weighted by atomic mass is 35.5. The summed E-state index contributed by atoms with van der Waals surface area (Å²) in [5, 5.41) is 12.3. The van der Waals surface area contributed by atoms with Crippen LogP contribution in [-0.2, 0) is 6.54 Å². The van der Waals surface area contributed by atoms with E-state index < -0.39 is 0 Å². The molecule has 0 unspecified atom stereocenters. The normalized spacial score (nSPS) is 9.83.